The van der Waals surface area contributed by atoms with Crippen molar-refractivity contribution in [2.75, 3.05) is 37.6 Å². The minimum Gasteiger partial charge on any atom is -0.368 e. The highest BCUT2D eigenvalue weighted by molar-refractivity contribution is 6.30. The fraction of sp³-hybridized carbons (Fsp3) is 0.529. The number of hydrogen-bond donors (Lipinski definition) is 1. The zero-order valence-electron chi connectivity index (χ0n) is 13.3. The van der Waals surface area contributed by atoms with Crippen LogP contribution in [0.25, 0.3) is 0 Å². The lowest BCUT2D eigenvalue weighted by Crippen LogP contribution is -2.51. The van der Waals surface area contributed by atoms with Crippen molar-refractivity contribution in [3.63, 3.8) is 0 Å². The molecular weight excluding hydrogens is 314 g/mol. The molecule has 0 spiro atoms. The molecule has 3 rings (SSSR count). The summed E-state index contributed by atoms with van der Waals surface area (Å²) < 4.78 is 0. The summed E-state index contributed by atoms with van der Waals surface area (Å²) in [4.78, 5) is 28.0. The van der Waals surface area contributed by atoms with Gasteiger partial charge in [-0.3, -0.25) is 9.59 Å². The van der Waals surface area contributed by atoms with E-state index in [0.29, 0.717) is 19.0 Å². The number of hydrogen-bond acceptors (Lipinski definition) is 3. The van der Waals surface area contributed by atoms with E-state index < -0.39 is 0 Å². The minimum absolute atomic E-state index is 0.00241. The van der Waals surface area contributed by atoms with E-state index in [-0.39, 0.29) is 24.3 Å². The van der Waals surface area contributed by atoms with Crippen molar-refractivity contribution < 1.29 is 9.59 Å². The Kier molecular flexibility index (Phi) is 4.76. The number of anilines is 1. The van der Waals surface area contributed by atoms with Crippen LogP contribution < -0.4 is 10.2 Å². The second kappa shape index (κ2) is 6.79. The summed E-state index contributed by atoms with van der Waals surface area (Å²) >= 11 is 6.02. The van der Waals surface area contributed by atoms with Crippen molar-refractivity contribution >= 4 is 29.1 Å². The van der Waals surface area contributed by atoms with Crippen LogP contribution in [0.4, 0.5) is 5.69 Å². The number of nitrogens with zero attached hydrogens (tertiary/aromatic N) is 2. The fourth-order valence-electron chi connectivity index (χ4n) is 2.98. The number of rotatable bonds is 4. The van der Waals surface area contributed by atoms with Crippen molar-refractivity contribution in [2.45, 2.75) is 13.3 Å². The van der Waals surface area contributed by atoms with Crippen molar-refractivity contribution in [1.29, 1.82) is 0 Å². The topological polar surface area (TPSA) is 52.7 Å². The van der Waals surface area contributed by atoms with Gasteiger partial charge >= 0.3 is 0 Å². The smallest absolute Gasteiger partial charge is 0.242 e. The molecule has 1 aliphatic carbocycles. The molecule has 1 aromatic rings. The maximum atomic E-state index is 12.2. The lowest BCUT2D eigenvalue weighted by Gasteiger charge is -2.36. The second-order valence-electron chi connectivity index (χ2n) is 6.38. The zero-order chi connectivity index (χ0) is 16.4. The molecule has 1 saturated carbocycles. The first-order valence-electron chi connectivity index (χ1n) is 8.10. The average Bonchev–Trinajstić information content (AvgIpc) is 3.29. The maximum absolute atomic E-state index is 12.2. The van der Waals surface area contributed by atoms with Gasteiger partial charge < -0.3 is 15.1 Å². The van der Waals surface area contributed by atoms with Crippen LogP contribution in [-0.2, 0) is 9.59 Å². The highest BCUT2D eigenvalue weighted by Crippen LogP contribution is 2.37. The van der Waals surface area contributed by atoms with Crippen LogP contribution >= 0.6 is 11.6 Å². The summed E-state index contributed by atoms with van der Waals surface area (Å²) in [5.41, 5.74) is 1.08. The van der Waals surface area contributed by atoms with Crippen molar-refractivity contribution in [2.24, 2.45) is 11.8 Å². The molecule has 2 atom stereocenters. The van der Waals surface area contributed by atoms with Gasteiger partial charge in [0.15, 0.2) is 0 Å². The van der Waals surface area contributed by atoms with Crippen LogP contribution in [0.2, 0.25) is 5.02 Å². The van der Waals surface area contributed by atoms with Gasteiger partial charge in [0, 0.05) is 42.8 Å². The van der Waals surface area contributed by atoms with E-state index in [1.807, 2.05) is 29.2 Å². The number of piperazine rings is 1. The predicted octanol–water partition coefficient (Wildman–Crippen LogP) is 1.76. The third-order valence-corrected chi connectivity index (χ3v) is 4.90. The first kappa shape index (κ1) is 16.1. The summed E-state index contributed by atoms with van der Waals surface area (Å²) in [5, 5.41) is 3.48. The van der Waals surface area contributed by atoms with E-state index in [4.69, 9.17) is 11.6 Å². The number of amides is 2. The van der Waals surface area contributed by atoms with Crippen LogP contribution in [-0.4, -0.2) is 49.4 Å². The third kappa shape index (κ3) is 3.96. The lowest BCUT2D eigenvalue weighted by molar-refractivity contribution is -0.133. The van der Waals surface area contributed by atoms with Crippen LogP contribution in [0, 0.1) is 11.8 Å². The van der Waals surface area contributed by atoms with Crippen molar-refractivity contribution in [1.82, 2.24) is 10.2 Å². The number of carbonyl (C=O) groups is 2. The normalized spacial score (nSPS) is 23.6. The molecule has 2 unspecified atom stereocenters. The van der Waals surface area contributed by atoms with Crippen LogP contribution in [0.15, 0.2) is 24.3 Å². The van der Waals surface area contributed by atoms with Crippen LogP contribution in [0.1, 0.15) is 13.3 Å². The Bertz CT molecular complexity index is 599. The summed E-state index contributed by atoms with van der Waals surface area (Å²) in [5.74, 6) is 0.592. The van der Waals surface area contributed by atoms with Crippen molar-refractivity contribution in [3.8, 4) is 0 Å². The molecule has 2 aliphatic rings. The van der Waals surface area contributed by atoms with Gasteiger partial charge in [0.1, 0.15) is 0 Å². The van der Waals surface area contributed by atoms with E-state index in [2.05, 4.69) is 17.1 Å². The zero-order valence-corrected chi connectivity index (χ0v) is 14.1. The molecule has 1 N–H and O–H groups in total. The van der Waals surface area contributed by atoms with Gasteiger partial charge in [-0.2, -0.15) is 0 Å². The summed E-state index contributed by atoms with van der Waals surface area (Å²) in [6, 6.07) is 7.76. The molecule has 0 aromatic heterocycles. The molecule has 124 valence electrons. The molecule has 0 radical (unpaired) electrons. The number of halogens is 1. The Morgan fingerprint density at radius 3 is 2.57 bits per heavy atom. The van der Waals surface area contributed by atoms with Gasteiger partial charge in [0.05, 0.1) is 6.54 Å². The van der Waals surface area contributed by atoms with Gasteiger partial charge in [-0.15, -0.1) is 0 Å². The fourth-order valence-corrected chi connectivity index (χ4v) is 3.16. The van der Waals surface area contributed by atoms with Gasteiger partial charge in [0.25, 0.3) is 0 Å². The Labute approximate surface area is 141 Å². The largest absolute Gasteiger partial charge is 0.368 e. The SMILES string of the molecule is CC1CC1C(=O)NCC(=O)N1CCN(c2cccc(Cl)c2)CC1. The van der Waals surface area contributed by atoms with Crippen LogP contribution in [0.5, 0.6) is 0 Å². The van der Waals surface area contributed by atoms with Gasteiger partial charge in [-0.05, 0) is 30.5 Å². The number of carbonyl (C=O) groups excluding carboxylic acids is 2. The Balaban J connectivity index is 1.45. The van der Waals surface area contributed by atoms with Crippen LogP contribution in [0.3, 0.4) is 0 Å². The van der Waals surface area contributed by atoms with E-state index in [0.717, 1.165) is 30.2 Å². The summed E-state index contributed by atoms with van der Waals surface area (Å²) in [6.07, 6.45) is 0.943. The standard InChI is InChI=1S/C17H22ClN3O2/c1-12-9-15(12)17(23)19-11-16(22)21-7-5-20(6-8-21)14-4-2-3-13(18)10-14/h2-4,10,12,15H,5-9,11H2,1H3,(H,19,23). The van der Waals surface area contributed by atoms with E-state index >= 15 is 0 Å². The molecular formula is C17H22ClN3O2. The molecule has 0 bridgehead atoms. The van der Waals surface area contributed by atoms with E-state index in [1.165, 1.54) is 0 Å². The summed E-state index contributed by atoms with van der Waals surface area (Å²) in [6.45, 7) is 5.06. The second-order valence-corrected chi connectivity index (χ2v) is 6.82. The highest BCUT2D eigenvalue weighted by Gasteiger charge is 2.39. The van der Waals surface area contributed by atoms with Gasteiger partial charge in [-0.1, -0.05) is 24.6 Å². The lowest BCUT2D eigenvalue weighted by atomic mass is 10.2. The highest BCUT2D eigenvalue weighted by atomic mass is 35.5. The maximum Gasteiger partial charge on any atom is 0.242 e. The molecule has 1 saturated heterocycles. The Hall–Kier alpha value is -1.75. The Morgan fingerprint density at radius 2 is 1.96 bits per heavy atom. The minimum atomic E-state index is -0.00241. The molecule has 23 heavy (non-hydrogen) atoms. The molecule has 6 heteroatoms. The molecule has 2 fully saturated rings. The quantitative estimate of drug-likeness (QED) is 0.912. The third-order valence-electron chi connectivity index (χ3n) is 4.67. The summed E-state index contributed by atoms with van der Waals surface area (Å²) in [7, 11) is 0. The Morgan fingerprint density at radius 1 is 1.26 bits per heavy atom. The molecule has 1 aromatic carbocycles. The molecule has 1 aliphatic heterocycles. The molecule has 1 heterocycles. The number of benzene rings is 1. The first-order valence-corrected chi connectivity index (χ1v) is 8.48. The van der Waals surface area contributed by atoms with Gasteiger partial charge in [0.2, 0.25) is 11.8 Å². The van der Waals surface area contributed by atoms with Gasteiger partial charge in [-0.25, -0.2) is 0 Å². The molecule has 2 amide bonds. The van der Waals surface area contributed by atoms with E-state index in [9.17, 15) is 9.59 Å². The van der Waals surface area contributed by atoms with Crippen molar-refractivity contribution in [3.05, 3.63) is 29.3 Å². The molecule has 5 nitrogen and oxygen atoms in total. The monoisotopic (exact) mass is 335 g/mol. The van der Waals surface area contributed by atoms with E-state index in [1.54, 1.807) is 0 Å². The predicted molar refractivity (Wildman–Crippen MR) is 90.5 cm³/mol. The first-order chi connectivity index (χ1) is 11.0. The average molecular weight is 336 g/mol. The number of nitrogens with one attached hydrogen (secondary N) is 1.